The molecule has 0 fully saturated rings. The van der Waals surface area contributed by atoms with Crippen LogP contribution in [0.3, 0.4) is 0 Å². The number of ether oxygens (including phenoxy) is 1. The van der Waals surface area contributed by atoms with Gasteiger partial charge in [-0.15, -0.1) is 0 Å². The SMILES string of the molecule is CCNC(=NCCCc1ccc(OC)cc1)NC(C)CC. The lowest BCUT2D eigenvalue weighted by Crippen LogP contribution is -2.42. The van der Waals surface area contributed by atoms with Crippen LogP contribution >= 0.6 is 0 Å². The van der Waals surface area contributed by atoms with E-state index in [4.69, 9.17) is 4.74 Å². The minimum atomic E-state index is 0.449. The number of nitrogens with zero attached hydrogens (tertiary/aromatic N) is 1. The second-order valence-electron chi connectivity index (χ2n) is 5.17. The Morgan fingerprint density at radius 3 is 2.52 bits per heavy atom. The van der Waals surface area contributed by atoms with Gasteiger partial charge in [-0.3, -0.25) is 4.99 Å². The summed E-state index contributed by atoms with van der Waals surface area (Å²) in [4.78, 5) is 4.62. The zero-order chi connectivity index (χ0) is 15.5. The summed E-state index contributed by atoms with van der Waals surface area (Å²) in [5.41, 5.74) is 1.32. The summed E-state index contributed by atoms with van der Waals surface area (Å²) in [6.45, 7) is 8.15. The van der Waals surface area contributed by atoms with Crippen molar-refractivity contribution < 1.29 is 4.74 Å². The van der Waals surface area contributed by atoms with Crippen molar-refractivity contribution in [3.63, 3.8) is 0 Å². The van der Waals surface area contributed by atoms with Crippen LogP contribution in [0.5, 0.6) is 5.75 Å². The molecule has 0 aliphatic carbocycles. The molecule has 21 heavy (non-hydrogen) atoms. The van der Waals surface area contributed by atoms with Crippen LogP contribution in [0.1, 0.15) is 39.2 Å². The van der Waals surface area contributed by atoms with Crippen LogP contribution in [0.4, 0.5) is 0 Å². The van der Waals surface area contributed by atoms with Crippen LogP contribution in [0.2, 0.25) is 0 Å². The number of aliphatic imine (C=N–C) groups is 1. The lowest BCUT2D eigenvalue weighted by Gasteiger charge is -2.16. The van der Waals surface area contributed by atoms with Crippen molar-refractivity contribution >= 4 is 5.96 Å². The fourth-order valence-corrected chi connectivity index (χ4v) is 1.92. The minimum absolute atomic E-state index is 0.449. The lowest BCUT2D eigenvalue weighted by molar-refractivity contribution is 0.414. The molecule has 2 N–H and O–H groups in total. The van der Waals surface area contributed by atoms with Crippen LogP contribution in [-0.4, -0.2) is 32.2 Å². The van der Waals surface area contributed by atoms with Gasteiger partial charge in [0, 0.05) is 19.1 Å². The Balaban J connectivity index is 2.38. The van der Waals surface area contributed by atoms with Crippen molar-refractivity contribution in [2.45, 2.75) is 46.1 Å². The molecule has 1 aromatic carbocycles. The number of methoxy groups -OCH3 is 1. The van der Waals surface area contributed by atoms with E-state index in [-0.39, 0.29) is 0 Å². The number of rotatable bonds is 8. The van der Waals surface area contributed by atoms with Crippen molar-refractivity contribution in [2.24, 2.45) is 4.99 Å². The Bertz CT molecular complexity index is 415. The number of guanidine groups is 1. The van der Waals surface area contributed by atoms with Gasteiger partial charge in [0.15, 0.2) is 5.96 Å². The van der Waals surface area contributed by atoms with Crippen LogP contribution in [-0.2, 0) is 6.42 Å². The molecule has 0 aromatic heterocycles. The average molecular weight is 291 g/mol. The van der Waals surface area contributed by atoms with Crippen LogP contribution < -0.4 is 15.4 Å². The number of hydrogen-bond donors (Lipinski definition) is 2. The molecule has 0 amide bonds. The van der Waals surface area contributed by atoms with Crippen molar-refractivity contribution in [1.82, 2.24) is 10.6 Å². The highest BCUT2D eigenvalue weighted by Gasteiger charge is 2.02. The molecule has 1 unspecified atom stereocenters. The molecular formula is C17H29N3O. The lowest BCUT2D eigenvalue weighted by atomic mass is 10.1. The smallest absolute Gasteiger partial charge is 0.191 e. The van der Waals surface area contributed by atoms with Gasteiger partial charge >= 0.3 is 0 Å². The monoisotopic (exact) mass is 291 g/mol. The fourth-order valence-electron chi connectivity index (χ4n) is 1.92. The maximum atomic E-state index is 5.16. The first kappa shape index (κ1) is 17.3. The van der Waals surface area contributed by atoms with E-state index in [0.29, 0.717) is 6.04 Å². The first-order chi connectivity index (χ1) is 10.2. The van der Waals surface area contributed by atoms with Crippen LogP contribution in [0.15, 0.2) is 29.3 Å². The third-order valence-electron chi connectivity index (χ3n) is 3.39. The highest BCUT2D eigenvalue weighted by molar-refractivity contribution is 5.79. The topological polar surface area (TPSA) is 45.7 Å². The van der Waals surface area contributed by atoms with E-state index in [2.05, 4.69) is 48.5 Å². The van der Waals surface area contributed by atoms with E-state index in [0.717, 1.165) is 44.1 Å². The van der Waals surface area contributed by atoms with Crippen molar-refractivity contribution in [1.29, 1.82) is 0 Å². The van der Waals surface area contributed by atoms with E-state index in [1.165, 1.54) is 5.56 Å². The molecule has 0 spiro atoms. The van der Waals surface area contributed by atoms with E-state index in [1.54, 1.807) is 7.11 Å². The molecule has 4 heteroatoms. The number of aryl methyl sites for hydroxylation is 1. The number of benzene rings is 1. The quantitative estimate of drug-likeness (QED) is 0.440. The molecule has 1 aromatic rings. The Kier molecular flexibility index (Phi) is 8.32. The summed E-state index contributed by atoms with van der Waals surface area (Å²) in [5, 5.41) is 6.69. The van der Waals surface area contributed by atoms with Crippen molar-refractivity contribution in [3.8, 4) is 5.75 Å². The predicted octanol–water partition coefficient (Wildman–Crippen LogP) is 2.98. The fraction of sp³-hybridized carbons (Fsp3) is 0.588. The van der Waals surface area contributed by atoms with E-state index in [9.17, 15) is 0 Å². The van der Waals surface area contributed by atoms with Gasteiger partial charge in [0.05, 0.1) is 7.11 Å². The van der Waals surface area contributed by atoms with E-state index in [1.807, 2.05) is 12.1 Å². The molecule has 118 valence electrons. The van der Waals surface area contributed by atoms with E-state index < -0.39 is 0 Å². The molecule has 0 saturated heterocycles. The zero-order valence-corrected chi connectivity index (χ0v) is 13.8. The number of hydrogen-bond acceptors (Lipinski definition) is 2. The van der Waals surface area contributed by atoms with Gasteiger partial charge in [-0.05, 0) is 50.8 Å². The highest BCUT2D eigenvalue weighted by Crippen LogP contribution is 2.12. The van der Waals surface area contributed by atoms with Gasteiger partial charge in [0.1, 0.15) is 5.75 Å². The molecule has 0 aliphatic heterocycles. The van der Waals surface area contributed by atoms with Crippen molar-refractivity contribution in [2.75, 3.05) is 20.2 Å². The summed E-state index contributed by atoms with van der Waals surface area (Å²) < 4.78 is 5.16. The molecule has 1 rings (SSSR count). The summed E-state index contributed by atoms with van der Waals surface area (Å²) in [6, 6.07) is 8.70. The third-order valence-corrected chi connectivity index (χ3v) is 3.39. The normalized spacial score (nSPS) is 12.9. The van der Waals surface area contributed by atoms with Crippen LogP contribution in [0, 0.1) is 0 Å². The van der Waals surface area contributed by atoms with Gasteiger partial charge < -0.3 is 15.4 Å². The Morgan fingerprint density at radius 2 is 1.95 bits per heavy atom. The maximum absolute atomic E-state index is 5.16. The summed E-state index contributed by atoms with van der Waals surface area (Å²) in [6.07, 6.45) is 3.18. The summed E-state index contributed by atoms with van der Waals surface area (Å²) in [7, 11) is 1.69. The molecule has 0 saturated carbocycles. The largest absolute Gasteiger partial charge is 0.497 e. The van der Waals surface area contributed by atoms with E-state index >= 15 is 0 Å². The second-order valence-corrected chi connectivity index (χ2v) is 5.17. The van der Waals surface area contributed by atoms with Crippen LogP contribution in [0.25, 0.3) is 0 Å². The predicted molar refractivity (Wildman–Crippen MR) is 90.2 cm³/mol. The Morgan fingerprint density at radius 1 is 1.24 bits per heavy atom. The highest BCUT2D eigenvalue weighted by atomic mass is 16.5. The molecule has 0 heterocycles. The number of nitrogens with one attached hydrogen (secondary N) is 2. The third kappa shape index (κ3) is 7.02. The molecular weight excluding hydrogens is 262 g/mol. The van der Waals surface area contributed by atoms with Gasteiger partial charge in [-0.25, -0.2) is 0 Å². The van der Waals surface area contributed by atoms with Gasteiger partial charge in [0.25, 0.3) is 0 Å². The van der Waals surface area contributed by atoms with Gasteiger partial charge in [0.2, 0.25) is 0 Å². The first-order valence-corrected chi connectivity index (χ1v) is 7.87. The second kappa shape index (κ2) is 10.1. The average Bonchev–Trinajstić information content (AvgIpc) is 2.52. The molecule has 0 bridgehead atoms. The molecule has 4 nitrogen and oxygen atoms in total. The molecule has 0 radical (unpaired) electrons. The molecule has 1 atom stereocenters. The minimum Gasteiger partial charge on any atom is -0.497 e. The summed E-state index contributed by atoms with van der Waals surface area (Å²) in [5.74, 6) is 1.82. The Hall–Kier alpha value is -1.71. The maximum Gasteiger partial charge on any atom is 0.191 e. The summed E-state index contributed by atoms with van der Waals surface area (Å²) >= 11 is 0. The Labute approximate surface area is 129 Å². The first-order valence-electron chi connectivity index (χ1n) is 7.87. The van der Waals surface area contributed by atoms with Crippen molar-refractivity contribution in [3.05, 3.63) is 29.8 Å². The molecule has 0 aliphatic rings. The van der Waals surface area contributed by atoms with Gasteiger partial charge in [-0.2, -0.15) is 0 Å². The van der Waals surface area contributed by atoms with Gasteiger partial charge in [-0.1, -0.05) is 19.1 Å². The standard InChI is InChI=1S/C17H29N3O/c1-5-14(3)20-17(18-6-2)19-13-7-8-15-9-11-16(21-4)12-10-15/h9-12,14H,5-8,13H2,1-4H3,(H2,18,19,20). The zero-order valence-electron chi connectivity index (χ0n) is 13.8.